The summed E-state index contributed by atoms with van der Waals surface area (Å²) in [7, 11) is 0. The smallest absolute Gasteiger partial charge is 0.493 e. The van der Waals surface area contributed by atoms with Crippen molar-refractivity contribution in [3.8, 4) is 22.8 Å². The van der Waals surface area contributed by atoms with E-state index in [0.29, 0.717) is 19.4 Å². The Hall–Kier alpha value is -4.32. The van der Waals surface area contributed by atoms with E-state index in [0.717, 1.165) is 49.7 Å². The Labute approximate surface area is 196 Å². The standard InChI is InChI=1S/C28H24N2O4/c1-18-14-15-29-17-24(18)22-11-5-10-21-23(27(30-26(21)22)34-28(31)32)12-6-16-33-25-13-4-8-19-7-2-3-9-20(19)25/h2-5,7-11,13-15,17,30H,6,12,16H2,1H3,(H,31,32). The van der Waals surface area contributed by atoms with Crippen molar-refractivity contribution in [1.82, 2.24) is 9.97 Å². The summed E-state index contributed by atoms with van der Waals surface area (Å²) in [4.78, 5) is 18.8. The van der Waals surface area contributed by atoms with E-state index >= 15 is 0 Å². The maximum absolute atomic E-state index is 11.4. The van der Waals surface area contributed by atoms with Crippen molar-refractivity contribution in [3.05, 3.63) is 90.3 Å². The number of benzene rings is 3. The van der Waals surface area contributed by atoms with E-state index in [9.17, 15) is 9.90 Å². The molecule has 0 unspecified atom stereocenters. The number of nitrogens with one attached hydrogen (secondary N) is 1. The van der Waals surface area contributed by atoms with Gasteiger partial charge in [-0.2, -0.15) is 0 Å². The van der Waals surface area contributed by atoms with Gasteiger partial charge in [0.25, 0.3) is 0 Å². The van der Waals surface area contributed by atoms with Crippen LogP contribution in [0.2, 0.25) is 0 Å². The van der Waals surface area contributed by atoms with Crippen LogP contribution in [0.4, 0.5) is 4.79 Å². The summed E-state index contributed by atoms with van der Waals surface area (Å²) in [5, 5.41) is 12.4. The molecule has 0 saturated heterocycles. The summed E-state index contributed by atoms with van der Waals surface area (Å²) < 4.78 is 11.2. The van der Waals surface area contributed by atoms with Crippen molar-refractivity contribution < 1.29 is 19.4 Å². The van der Waals surface area contributed by atoms with Gasteiger partial charge in [0, 0.05) is 39.9 Å². The normalized spacial score (nSPS) is 11.1. The molecule has 2 aromatic heterocycles. The molecule has 0 spiro atoms. The lowest BCUT2D eigenvalue weighted by Crippen LogP contribution is -2.06. The van der Waals surface area contributed by atoms with Crippen molar-refractivity contribution in [2.24, 2.45) is 0 Å². The van der Waals surface area contributed by atoms with Gasteiger partial charge in [0.2, 0.25) is 5.88 Å². The molecule has 170 valence electrons. The number of aromatic nitrogens is 2. The van der Waals surface area contributed by atoms with Gasteiger partial charge in [-0.25, -0.2) is 4.79 Å². The van der Waals surface area contributed by atoms with Crippen LogP contribution in [-0.2, 0) is 6.42 Å². The fourth-order valence-electron chi connectivity index (χ4n) is 4.40. The van der Waals surface area contributed by atoms with Crippen LogP contribution in [0.15, 0.2) is 79.1 Å². The Morgan fingerprint density at radius 3 is 2.62 bits per heavy atom. The molecular formula is C28H24N2O4. The predicted octanol–water partition coefficient (Wildman–Crippen LogP) is 6.76. The number of nitrogens with zero attached hydrogens (tertiary/aromatic N) is 1. The molecule has 5 rings (SSSR count). The average molecular weight is 453 g/mol. The van der Waals surface area contributed by atoms with Crippen LogP contribution in [-0.4, -0.2) is 27.8 Å². The van der Waals surface area contributed by atoms with Crippen molar-refractivity contribution in [2.75, 3.05) is 6.61 Å². The van der Waals surface area contributed by atoms with Crippen LogP contribution >= 0.6 is 0 Å². The number of ether oxygens (including phenoxy) is 2. The Kier molecular flexibility index (Phi) is 5.87. The first-order valence-corrected chi connectivity index (χ1v) is 11.2. The van der Waals surface area contributed by atoms with Crippen LogP contribution in [0.5, 0.6) is 11.6 Å². The van der Waals surface area contributed by atoms with Gasteiger partial charge in [0.15, 0.2) is 0 Å². The van der Waals surface area contributed by atoms with Gasteiger partial charge in [0.05, 0.1) is 12.1 Å². The van der Waals surface area contributed by atoms with Crippen molar-refractivity contribution in [1.29, 1.82) is 0 Å². The lowest BCUT2D eigenvalue weighted by Gasteiger charge is -2.10. The molecule has 0 bridgehead atoms. The zero-order valence-electron chi connectivity index (χ0n) is 18.7. The molecule has 0 saturated carbocycles. The Morgan fingerprint density at radius 1 is 0.971 bits per heavy atom. The first kappa shape index (κ1) is 21.5. The van der Waals surface area contributed by atoms with Gasteiger partial charge >= 0.3 is 6.16 Å². The molecule has 6 nitrogen and oxygen atoms in total. The minimum absolute atomic E-state index is 0.252. The molecule has 0 fully saturated rings. The summed E-state index contributed by atoms with van der Waals surface area (Å²) in [5.74, 6) is 1.09. The second-order valence-electron chi connectivity index (χ2n) is 8.15. The highest BCUT2D eigenvalue weighted by Gasteiger charge is 2.18. The SMILES string of the molecule is Cc1ccncc1-c1cccc2c(CCCOc3cccc4ccccc34)c(OC(=O)O)[nH]c12. The van der Waals surface area contributed by atoms with Crippen molar-refractivity contribution in [2.45, 2.75) is 19.8 Å². The van der Waals surface area contributed by atoms with Crippen LogP contribution < -0.4 is 9.47 Å². The number of carboxylic acid groups (broad SMARTS) is 1. The van der Waals surface area contributed by atoms with E-state index < -0.39 is 6.16 Å². The van der Waals surface area contributed by atoms with Gasteiger partial charge in [0.1, 0.15) is 5.75 Å². The predicted molar refractivity (Wildman–Crippen MR) is 133 cm³/mol. The first-order chi connectivity index (χ1) is 16.6. The molecule has 0 atom stereocenters. The second-order valence-corrected chi connectivity index (χ2v) is 8.15. The van der Waals surface area contributed by atoms with Crippen LogP contribution in [0, 0.1) is 6.92 Å². The fraction of sp³-hybridized carbons (Fsp3) is 0.143. The summed E-state index contributed by atoms with van der Waals surface area (Å²) >= 11 is 0. The quantitative estimate of drug-likeness (QED) is 0.210. The average Bonchev–Trinajstić information content (AvgIpc) is 3.18. The molecule has 0 aliphatic heterocycles. The van der Waals surface area contributed by atoms with Gasteiger partial charge in [-0.15, -0.1) is 0 Å². The topological polar surface area (TPSA) is 84.4 Å². The molecule has 2 heterocycles. The number of aryl methyl sites for hydroxylation is 2. The third-order valence-electron chi connectivity index (χ3n) is 6.00. The minimum Gasteiger partial charge on any atom is -0.493 e. The van der Waals surface area contributed by atoms with Crippen LogP contribution in [0.1, 0.15) is 17.5 Å². The maximum Gasteiger partial charge on any atom is 0.512 e. The first-order valence-electron chi connectivity index (χ1n) is 11.2. The number of carbonyl (C=O) groups is 1. The highest BCUT2D eigenvalue weighted by molar-refractivity contribution is 5.98. The highest BCUT2D eigenvalue weighted by Crippen LogP contribution is 2.36. The maximum atomic E-state index is 11.4. The van der Waals surface area contributed by atoms with Gasteiger partial charge in [-0.1, -0.05) is 54.6 Å². The Bertz CT molecular complexity index is 1480. The zero-order valence-corrected chi connectivity index (χ0v) is 18.7. The number of hydrogen-bond donors (Lipinski definition) is 2. The number of aromatic amines is 1. The molecule has 6 heteroatoms. The number of pyridine rings is 1. The van der Waals surface area contributed by atoms with E-state index in [2.05, 4.69) is 22.1 Å². The number of para-hydroxylation sites is 1. The van der Waals surface area contributed by atoms with E-state index in [1.54, 1.807) is 6.20 Å². The Morgan fingerprint density at radius 2 is 1.76 bits per heavy atom. The molecule has 5 aromatic rings. The van der Waals surface area contributed by atoms with Crippen molar-refractivity contribution >= 4 is 27.8 Å². The zero-order chi connectivity index (χ0) is 23.5. The molecule has 34 heavy (non-hydrogen) atoms. The fourth-order valence-corrected chi connectivity index (χ4v) is 4.40. The minimum atomic E-state index is -1.35. The molecular weight excluding hydrogens is 428 g/mol. The second kappa shape index (κ2) is 9.27. The van der Waals surface area contributed by atoms with Gasteiger partial charge in [-0.3, -0.25) is 4.98 Å². The lowest BCUT2D eigenvalue weighted by molar-refractivity contribution is 0.142. The number of rotatable bonds is 7. The van der Waals surface area contributed by atoms with Crippen LogP contribution in [0.3, 0.4) is 0 Å². The third kappa shape index (κ3) is 4.18. The van der Waals surface area contributed by atoms with Crippen molar-refractivity contribution in [3.63, 3.8) is 0 Å². The summed E-state index contributed by atoms with van der Waals surface area (Å²) in [6.45, 7) is 2.52. The molecule has 0 aliphatic rings. The Balaban J connectivity index is 1.42. The van der Waals surface area contributed by atoms with Gasteiger partial charge in [-0.05, 0) is 42.8 Å². The third-order valence-corrected chi connectivity index (χ3v) is 6.00. The lowest BCUT2D eigenvalue weighted by atomic mass is 9.99. The summed E-state index contributed by atoms with van der Waals surface area (Å²) in [6.07, 6.45) is 3.53. The number of fused-ring (bicyclic) bond motifs is 2. The number of H-pyrrole nitrogens is 1. The largest absolute Gasteiger partial charge is 0.512 e. The summed E-state index contributed by atoms with van der Waals surface area (Å²) in [5.41, 5.74) is 4.68. The van der Waals surface area contributed by atoms with E-state index in [1.807, 2.05) is 67.7 Å². The molecule has 0 aliphatic carbocycles. The highest BCUT2D eigenvalue weighted by atomic mass is 16.7. The van der Waals surface area contributed by atoms with E-state index in [1.165, 1.54) is 0 Å². The molecule has 0 amide bonds. The van der Waals surface area contributed by atoms with Crippen LogP contribution in [0.25, 0.3) is 32.8 Å². The molecule has 2 N–H and O–H groups in total. The van der Waals surface area contributed by atoms with E-state index in [-0.39, 0.29) is 5.88 Å². The molecule has 0 radical (unpaired) electrons. The van der Waals surface area contributed by atoms with Gasteiger partial charge < -0.3 is 19.6 Å². The summed E-state index contributed by atoms with van der Waals surface area (Å²) in [6, 6.07) is 22.0. The molecule has 3 aromatic carbocycles. The monoisotopic (exact) mass is 452 g/mol. The number of hydrogen-bond acceptors (Lipinski definition) is 4. The van der Waals surface area contributed by atoms with E-state index in [4.69, 9.17) is 9.47 Å².